The largest absolute Gasteiger partial charge is 0.494 e. The molecule has 0 radical (unpaired) electrons. The van der Waals surface area contributed by atoms with Gasteiger partial charge < -0.3 is 35.4 Å². The van der Waals surface area contributed by atoms with Crippen LogP contribution >= 0.6 is 17.4 Å². The smallest absolute Gasteiger partial charge is 0.317 e. The lowest BCUT2D eigenvalue weighted by molar-refractivity contribution is -0.142. The predicted octanol–water partition coefficient (Wildman–Crippen LogP) is 0.477. The Bertz CT molecular complexity index is 1230. The number of rotatable bonds is 22. The number of carboxylic acid groups (broad SMARTS) is 4. The van der Waals surface area contributed by atoms with Gasteiger partial charge in [-0.1, -0.05) is 12.1 Å². The highest BCUT2D eigenvalue weighted by Crippen LogP contribution is 2.31. The van der Waals surface area contributed by atoms with E-state index in [1.165, 1.54) is 0 Å². The standard InChI is InChI=1S/C33H55N5O11P2/c39-29(34-9-1-2-17-50)8-19-51(48)18-3-16-49-28-6-4-26(5-7-28)20-27-21-37(24-32(44)45)13-12-35(22-30(40)41)10-11-36(23-31(42)43)14-15-38(27)25-33(46)47/h4-7,27,48H,1-3,8-25,50H2,(H,34,39)(H,40,41)(H,42,43)(H,44,45)(H,46,47). The fourth-order valence-electron chi connectivity index (χ4n) is 5.71. The Labute approximate surface area is 303 Å². The van der Waals surface area contributed by atoms with Crippen LogP contribution in [-0.2, 0) is 30.4 Å². The molecule has 0 bridgehead atoms. The van der Waals surface area contributed by atoms with Gasteiger partial charge in [-0.3, -0.25) is 43.6 Å². The average molecular weight is 760 g/mol. The molecule has 3 unspecified atom stereocenters. The molecule has 288 valence electrons. The lowest BCUT2D eigenvalue weighted by Gasteiger charge is -2.37. The third kappa shape index (κ3) is 20.6. The molecular weight excluding hydrogens is 704 g/mol. The van der Waals surface area contributed by atoms with Crippen LogP contribution in [0.4, 0.5) is 0 Å². The molecule has 0 aromatic heterocycles. The summed E-state index contributed by atoms with van der Waals surface area (Å²) in [7, 11) is 1.39. The molecule has 1 saturated heterocycles. The number of unbranched alkanes of at least 4 members (excludes halogenated alkanes) is 1. The highest BCUT2D eigenvalue weighted by atomic mass is 31.1. The summed E-state index contributed by atoms with van der Waals surface area (Å²) >= 11 is 0. The van der Waals surface area contributed by atoms with Gasteiger partial charge in [-0.2, -0.15) is 0 Å². The summed E-state index contributed by atoms with van der Waals surface area (Å²) in [6.07, 6.45) is 5.26. The van der Waals surface area contributed by atoms with Crippen molar-refractivity contribution < 1.29 is 54.0 Å². The molecule has 1 amide bonds. The van der Waals surface area contributed by atoms with Crippen molar-refractivity contribution in [2.24, 2.45) is 0 Å². The van der Waals surface area contributed by atoms with Gasteiger partial charge in [0.25, 0.3) is 0 Å². The highest BCUT2D eigenvalue weighted by molar-refractivity contribution is 7.51. The van der Waals surface area contributed by atoms with Crippen molar-refractivity contribution >= 4 is 47.2 Å². The van der Waals surface area contributed by atoms with E-state index in [2.05, 4.69) is 14.6 Å². The van der Waals surface area contributed by atoms with E-state index < -0.39 is 38.1 Å². The van der Waals surface area contributed by atoms with Crippen LogP contribution in [0.5, 0.6) is 5.75 Å². The number of ether oxygens (including phenoxy) is 1. The van der Waals surface area contributed by atoms with E-state index in [-0.39, 0.29) is 77.9 Å². The first kappa shape index (κ1) is 44.2. The van der Waals surface area contributed by atoms with Crippen LogP contribution in [0.15, 0.2) is 24.3 Å². The number of benzene rings is 1. The third-order valence-corrected chi connectivity index (χ3v) is 10.3. The number of nitrogens with one attached hydrogen (secondary N) is 1. The first-order valence-electron chi connectivity index (χ1n) is 17.2. The van der Waals surface area contributed by atoms with Gasteiger partial charge >= 0.3 is 23.9 Å². The number of hydrogen-bond acceptors (Lipinski definition) is 11. The van der Waals surface area contributed by atoms with E-state index in [9.17, 15) is 49.3 Å². The van der Waals surface area contributed by atoms with Gasteiger partial charge in [0.1, 0.15) is 5.75 Å². The van der Waals surface area contributed by atoms with Crippen LogP contribution in [0.2, 0.25) is 0 Å². The number of aliphatic carboxylic acids is 4. The highest BCUT2D eigenvalue weighted by Gasteiger charge is 2.27. The molecule has 1 fully saturated rings. The molecule has 1 heterocycles. The quantitative estimate of drug-likeness (QED) is 0.0700. The monoisotopic (exact) mass is 759 g/mol. The predicted molar refractivity (Wildman–Crippen MR) is 196 cm³/mol. The molecule has 16 nitrogen and oxygen atoms in total. The van der Waals surface area contributed by atoms with Gasteiger partial charge in [0, 0.05) is 79.1 Å². The van der Waals surface area contributed by atoms with E-state index in [0.717, 1.165) is 24.6 Å². The Morgan fingerprint density at radius 3 is 1.86 bits per heavy atom. The molecule has 2 rings (SSSR count). The normalized spacial score (nSPS) is 17.9. The first-order chi connectivity index (χ1) is 24.3. The van der Waals surface area contributed by atoms with E-state index in [1.54, 1.807) is 31.7 Å². The Balaban J connectivity index is 2.08. The lowest BCUT2D eigenvalue weighted by Crippen LogP contribution is -2.53. The van der Waals surface area contributed by atoms with Crippen molar-refractivity contribution in [2.45, 2.75) is 38.1 Å². The van der Waals surface area contributed by atoms with Crippen molar-refractivity contribution in [1.82, 2.24) is 24.9 Å². The van der Waals surface area contributed by atoms with Crippen LogP contribution in [0.1, 0.15) is 31.2 Å². The molecular formula is C33H55N5O11P2. The van der Waals surface area contributed by atoms with Gasteiger partial charge in [-0.25, -0.2) is 0 Å². The first-order valence-corrected chi connectivity index (χ1v) is 19.7. The van der Waals surface area contributed by atoms with E-state index in [4.69, 9.17) is 4.74 Å². The van der Waals surface area contributed by atoms with Crippen LogP contribution in [0, 0.1) is 0 Å². The average Bonchev–Trinajstić information content (AvgIpc) is 3.05. The fourth-order valence-corrected chi connectivity index (χ4v) is 7.18. The van der Waals surface area contributed by atoms with E-state index in [0.29, 0.717) is 50.5 Å². The number of nitrogens with zero attached hydrogens (tertiary/aromatic N) is 4. The van der Waals surface area contributed by atoms with Gasteiger partial charge in [0.05, 0.1) is 32.8 Å². The maximum absolute atomic E-state index is 12.0. The van der Waals surface area contributed by atoms with Crippen LogP contribution in [0.25, 0.3) is 0 Å². The Hall–Kier alpha value is -2.97. The van der Waals surface area contributed by atoms with Crippen molar-refractivity contribution in [3.63, 3.8) is 0 Å². The van der Waals surface area contributed by atoms with Crippen molar-refractivity contribution in [2.75, 3.05) is 104 Å². The van der Waals surface area contributed by atoms with Gasteiger partial charge in [-0.15, -0.1) is 9.24 Å². The summed E-state index contributed by atoms with van der Waals surface area (Å²) in [5.41, 5.74) is 0.853. The zero-order valence-corrected chi connectivity index (χ0v) is 31.3. The summed E-state index contributed by atoms with van der Waals surface area (Å²) in [4.78, 5) is 75.9. The van der Waals surface area contributed by atoms with E-state index in [1.807, 2.05) is 12.1 Å². The summed E-state index contributed by atoms with van der Waals surface area (Å²) in [5.74, 6) is -3.69. The fraction of sp³-hybridized carbons (Fsp3) is 0.667. The minimum absolute atomic E-state index is 0.0451. The van der Waals surface area contributed by atoms with Crippen molar-refractivity contribution in [1.29, 1.82) is 0 Å². The summed E-state index contributed by atoms with van der Waals surface area (Å²) in [6.45, 7) is 1.30. The molecule has 3 atom stereocenters. The van der Waals surface area contributed by atoms with Crippen molar-refractivity contribution in [3.8, 4) is 5.75 Å². The summed E-state index contributed by atoms with van der Waals surface area (Å²) in [5, 5.41) is 41.2. The molecule has 1 aliphatic rings. The number of carbonyl (C=O) groups excluding carboxylic acids is 1. The second-order valence-corrected chi connectivity index (χ2v) is 15.1. The van der Waals surface area contributed by atoms with E-state index >= 15 is 0 Å². The molecule has 18 heteroatoms. The molecule has 1 aliphatic heterocycles. The minimum atomic E-state index is -1.27. The zero-order valence-electron chi connectivity index (χ0n) is 29.2. The molecule has 1 aromatic rings. The molecule has 0 aliphatic carbocycles. The second kappa shape index (κ2) is 25.1. The minimum Gasteiger partial charge on any atom is -0.494 e. The number of amides is 1. The number of carbonyl (C=O) groups is 5. The second-order valence-electron chi connectivity index (χ2n) is 12.6. The Morgan fingerprint density at radius 2 is 1.29 bits per heavy atom. The lowest BCUT2D eigenvalue weighted by atomic mass is 10.0. The topological polar surface area (TPSA) is 221 Å². The zero-order chi connectivity index (χ0) is 37.6. The van der Waals surface area contributed by atoms with Crippen molar-refractivity contribution in [3.05, 3.63) is 29.8 Å². The maximum atomic E-state index is 12.0. The molecule has 51 heavy (non-hydrogen) atoms. The number of hydrogen-bond donors (Lipinski definition) is 6. The Morgan fingerprint density at radius 1 is 0.745 bits per heavy atom. The maximum Gasteiger partial charge on any atom is 0.317 e. The molecule has 6 N–H and O–H groups in total. The van der Waals surface area contributed by atoms with Gasteiger partial charge in [0.2, 0.25) is 5.91 Å². The summed E-state index contributed by atoms with van der Waals surface area (Å²) < 4.78 is 5.87. The molecule has 1 aromatic carbocycles. The SMILES string of the molecule is O=C(O)CN1CCN(CC(=O)O)CCN(CC(=O)O)C(Cc2ccc(OCCCP(O)CCC(=O)NCCCCP)cc2)CN(CC(=O)O)CC1. The van der Waals surface area contributed by atoms with Crippen LogP contribution < -0.4 is 10.1 Å². The molecule has 0 saturated carbocycles. The molecule has 0 spiro atoms. The van der Waals surface area contributed by atoms with Crippen LogP contribution in [-0.4, -0.2) is 184 Å². The third-order valence-electron chi connectivity index (χ3n) is 8.34. The summed E-state index contributed by atoms with van der Waals surface area (Å²) in [6, 6.07) is 6.83. The Kier molecular flexibility index (Phi) is 21.7. The van der Waals surface area contributed by atoms with Gasteiger partial charge in [0.15, 0.2) is 0 Å². The number of carboxylic acids is 4. The van der Waals surface area contributed by atoms with Gasteiger partial charge in [-0.05, 0) is 55.7 Å². The van der Waals surface area contributed by atoms with Crippen LogP contribution in [0.3, 0.4) is 0 Å².